The Kier molecular flexibility index (Phi) is 10.7. The predicted octanol–water partition coefficient (Wildman–Crippen LogP) is 0.545. The van der Waals surface area contributed by atoms with Gasteiger partial charge in [-0.05, 0) is 11.6 Å². The van der Waals surface area contributed by atoms with E-state index in [-0.39, 0.29) is 29.9 Å². The summed E-state index contributed by atoms with van der Waals surface area (Å²) in [4.78, 5) is 25.0. The summed E-state index contributed by atoms with van der Waals surface area (Å²) in [6, 6.07) is 8.17. The predicted molar refractivity (Wildman–Crippen MR) is 130 cm³/mol. The van der Waals surface area contributed by atoms with Gasteiger partial charge in [0.25, 0.3) is 0 Å². The van der Waals surface area contributed by atoms with Crippen molar-refractivity contribution in [2.45, 2.75) is 6.54 Å². The number of rotatable bonds is 8. The average molecular weight is 542 g/mol. The largest absolute Gasteiger partial charge is 0.383 e. The second-order valence-electron chi connectivity index (χ2n) is 7.04. The SMILES string of the molecule is CN=C(NCc1cccc(-c2ncn[nH]2)c1)N1CCN(CC(=O)NCCOC)CC1.I. The van der Waals surface area contributed by atoms with Gasteiger partial charge in [-0.15, -0.1) is 24.0 Å². The topological polar surface area (TPSA) is 111 Å². The number of nitrogens with zero attached hydrogens (tertiary/aromatic N) is 5. The number of carbonyl (C=O) groups excluding carboxylic acids is 1. The Morgan fingerprint density at radius 2 is 2.06 bits per heavy atom. The molecule has 3 N–H and O–H groups in total. The quantitative estimate of drug-likeness (QED) is 0.193. The third-order valence-electron chi connectivity index (χ3n) is 4.95. The maximum atomic E-state index is 12.0. The molecule has 3 rings (SSSR count). The van der Waals surface area contributed by atoms with Gasteiger partial charge >= 0.3 is 0 Å². The van der Waals surface area contributed by atoms with Gasteiger partial charge in [-0.1, -0.05) is 18.2 Å². The lowest BCUT2D eigenvalue weighted by molar-refractivity contribution is -0.122. The fourth-order valence-corrected chi connectivity index (χ4v) is 3.36. The number of nitrogens with one attached hydrogen (secondary N) is 3. The maximum absolute atomic E-state index is 12.0. The van der Waals surface area contributed by atoms with E-state index in [1.54, 1.807) is 14.2 Å². The van der Waals surface area contributed by atoms with Crippen molar-refractivity contribution in [3.05, 3.63) is 36.2 Å². The standard InChI is InChI=1S/C20H30N8O2.HI/c1-21-20(23-13-16-4-3-5-17(12-16)19-24-15-25-26-19)28-9-7-27(8-10-28)14-18(29)22-6-11-30-2;/h3-5,12,15H,6-11,13-14H2,1-2H3,(H,21,23)(H,22,29)(H,24,25,26);1H. The van der Waals surface area contributed by atoms with Gasteiger partial charge in [-0.3, -0.25) is 19.8 Å². The zero-order chi connectivity index (χ0) is 21.2. The van der Waals surface area contributed by atoms with Gasteiger partial charge in [-0.2, -0.15) is 5.10 Å². The lowest BCUT2D eigenvalue weighted by atomic mass is 10.1. The molecule has 0 radical (unpaired) electrons. The summed E-state index contributed by atoms with van der Waals surface area (Å²) in [7, 11) is 3.42. The van der Waals surface area contributed by atoms with Crippen LogP contribution in [0.5, 0.6) is 0 Å². The van der Waals surface area contributed by atoms with E-state index in [0.717, 1.165) is 49.1 Å². The molecule has 11 heteroatoms. The molecular formula is C20H31IN8O2. The molecule has 10 nitrogen and oxygen atoms in total. The van der Waals surface area contributed by atoms with E-state index in [4.69, 9.17) is 4.74 Å². The van der Waals surface area contributed by atoms with Crippen molar-refractivity contribution in [1.29, 1.82) is 0 Å². The Morgan fingerprint density at radius 1 is 1.26 bits per heavy atom. The first kappa shape index (κ1) is 25.0. The molecule has 0 saturated carbocycles. The molecule has 1 aromatic carbocycles. The molecule has 2 aromatic rings. The molecule has 2 heterocycles. The molecule has 1 aliphatic heterocycles. The Hall–Kier alpha value is -2.25. The van der Waals surface area contributed by atoms with Crippen LogP contribution in [-0.2, 0) is 16.1 Å². The lowest BCUT2D eigenvalue weighted by Gasteiger charge is -2.36. The summed E-state index contributed by atoms with van der Waals surface area (Å²) in [5.74, 6) is 1.66. The third kappa shape index (κ3) is 7.74. The van der Waals surface area contributed by atoms with Crippen LogP contribution in [0.3, 0.4) is 0 Å². The van der Waals surface area contributed by atoms with Crippen molar-refractivity contribution < 1.29 is 9.53 Å². The Balaban J connectivity index is 0.00000341. The van der Waals surface area contributed by atoms with E-state index in [0.29, 0.717) is 26.2 Å². The minimum atomic E-state index is 0. The molecule has 0 atom stereocenters. The smallest absolute Gasteiger partial charge is 0.234 e. The third-order valence-corrected chi connectivity index (χ3v) is 4.95. The van der Waals surface area contributed by atoms with Gasteiger partial charge in [-0.25, -0.2) is 4.98 Å². The molecule has 1 saturated heterocycles. The highest BCUT2D eigenvalue weighted by Gasteiger charge is 2.21. The first-order valence-corrected chi connectivity index (χ1v) is 10.1. The number of H-pyrrole nitrogens is 1. The minimum absolute atomic E-state index is 0. The van der Waals surface area contributed by atoms with Crippen LogP contribution in [0, 0.1) is 0 Å². The van der Waals surface area contributed by atoms with Crippen LogP contribution in [0.2, 0.25) is 0 Å². The van der Waals surface area contributed by atoms with Gasteiger partial charge in [0.1, 0.15) is 6.33 Å². The van der Waals surface area contributed by atoms with E-state index in [2.05, 4.69) is 52.7 Å². The Morgan fingerprint density at radius 3 is 2.74 bits per heavy atom. The van der Waals surface area contributed by atoms with E-state index in [1.165, 1.54) is 6.33 Å². The van der Waals surface area contributed by atoms with E-state index in [9.17, 15) is 4.79 Å². The molecule has 0 unspecified atom stereocenters. The number of guanidine groups is 1. The van der Waals surface area contributed by atoms with Crippen LogP contribution < -0.4 is 10.6 Å². The van der Waals surface area contributed by atoms with E-state index < -0.39 is 0 Å². The number of aromatic amines is 1. The van der Waals surface area contributed by atoms with Crippen molar-refractivity contribution in [1.82, 2.24) is 35.6 Å². The van der Waals surface area contributed by atoms with Crippen molar-refractivity contribution in [3.8, 4) is 11.4 Å². The molecular weight excluding hydrogens is 511 g/mol. The molecule has 1 aliphatic rings. The number of hydrogen-bond acceptors (Lipinski definition) is 6. The summed E-state index contributed by atoms with van der Waals surface area (Å²) in [5.41, 5.74) is 2.13. The molecule has 1 aromatic heterocycles. The highest BCUT2D eigenvalue weighted by molar-refractivity contribution is 14.0. The maximum Gasteiger partial charge on any atom is 0.234 e. The lowest BCUT2D eigenvalue weighted by Crippen LogP contribution is -2.54. The number of methoxy groups -OCH3 is 1. The summed E-state index contributed by atoms with van der Waals surface area (Å²) in [6.07, 6.45) is 1.50. The summed E-state index contributed by atoms with van der Waals surface area (Å²) < 4.78 is 4.95. The summed E-state index contributed by atoms with van der Waals surface area (Å²) in [6.45, 7) is 5.44. The average Bonchev–Trinajstić information content (AvgIpc) is 3.31. The van der Waals surface area contributed by atoms with Crippen LogP contribution in [-0.4, -0.2) is 96.9 Å². The molecule has 31 heavy (non-hydrogen) atoms. The number of halogens is 1. The molecule has 1 fully saturated rings. The summed E-state index contributed by atoms with van der Waals surface area (Å²) in [5, 5.41) is 13.1. The van der Waals surface area contributed by atoms with Crippen LogP contribution >= 0.6 is 24.0 Å². The number of aliphatic imine (C=N–C) groups is 1. The Bertz CT molecular complexity index is 822. The Labute approximate surface area is 199 Å². The zero-order valence-corrected chi connectivity index (χ0v) is 20.3. The second-order valence-corrected chi connectivity index (χ2v) is 7.04. The number of amides is 1. The highest BCUT2D eigenvalue weighted by Crippen LogP contribution is 2.15. The van der Waals surface area contributed by atoms with Crippen molar-refractivity contribution in [2.75, 3.05) is 60.0 Å². The fraction of sp³-hybridized carbons (Fsp3) is 0.500. The first-order chi connectivity index (χ1) is 14.7. The van der Waals surface area contributed by atoms with Crippen molar-refractivity contribution in [3.63, 3.8) is 0 Å². The molecule has 170 valence electrons. The van der Waals surface area contributed by atoms with Gasteiger partial charge < -0.3 is 20.3 Å². The van der Waals surface area contributed by atoms with Crippen LogP contribution in [0.4, 0.5) is 0 Å². The van der Waals surface area contributed by atoms with Gasteiger partial charge in [0.15, 0.2) is 11.8 Å². The van der Waals surface area contributed by atoms with Gasteiger partial charge in [0, 0.05) is 59.0 Å². The van der Waals surface area contributed by atoms with Crippen molar-refractivity contribution in [2.24, 2.45) is 4.99 Å². The zero-order valence-electron chi connectivity index (χ0n) is 18.0. The number of carbonyl (C=O) groups is 1. The number of hydrogen-bond donors (Lipinski definition) is 3. The normalized spacial score (nSPS) is 14.8. The molecule has 0 bridgehead atoms. The van der Waals surface area contributed by atoms with Crippen molar-refractivity contribution >= 4 is 35.8 Å². The molecule has 0 aliphatic carbocycles. The number of ether oxygens (including phenoxy) is 1. The fourth-order valence-electron chi connectivity index (χ4n) is 3.36. The van der Waals surface area contributed by atoms with Crippen LogP contribution in [0.1, 0.15) is 5.56 Å². The molecule has 0 spiro atoms. The molecule has 1 amide bonds. The van der Waals surface area contributed by atoms with E-state index in [1.807, 2.05) is 12.1 Å². The number of benzene rings is 1. The second kappa shape index (κ2) is 13.2. The first-order valence-electron chi connectivity index (χ1n) is 10.1. The number of aromatic nitrogens is 3. The van der Waals surface area contributed by atoms with Gasteiger partial charge in [0.05, 0.1) is 13.2 Å². The van der Waals surface area contributed by atoms with Gasteiger partial charge in [0.2, 0.25) is 5.91 Å². The highest BCUT2D eigenvalue weighted by atomic mass is 127. The number of piperazine rings is 1. The van der Waals surface area contributed by atoms with E-state index >= 15 is 0 Å². The summed E-state index contributed by atoms with van der Waals surface area (Å²) >= 11 is 0. The monoisotopic (exact) mass is 542 g/mol. The van der Waals surface area contributed by atoms with Crippen LogP contribution in [0.25, 0.3) is 11.4 Å². The minimum Gasteiger partial charge on any atom is -0.383 e. The van der Waals surface area contributed by atoms with Crippen LogP contribution in [0.15, 0.2) is 35.6 Å².